The lowest BCUT2D eigenvalue weighted by Crippen LogP contribution is -2.13. The van der Waals surface area contributed by atoms with E-state index in [1.54, 1.807) is 47.3 Å². The number of hydrogen-bond acceptors (Lipinski definition) is 5. The molecule has 0 unspecified atom stereocenters. The van der Waals surface area contributed by atoms with E-state index in [4.69, 9.17) is 0 Å². The number of nitrogens with one attached hydrogen (secondary N) is 1. The van der Waals surface area contributed by atoms with Gasteiger partial charge in [-0.1, -0.05) is 0 Å². The number of rotatable bonds is 5. The highest BCUT2D eigenvalue weighted by Gasteiger charge is 2.19. The fraction of sp³-hybridized carbons (Fsp3) is 0. The van der Waals surface area contributed by atoms with Crippen molar-refractivity contribution in [3.8, 4) is 28.3 Å². The molecule has 1 N–H and O–H groups in total. The third-order valence-corrected chi connectivity index (χ3v) is 5.82. The maximum atomic E-state index is 13.6. The van der Waals surface area contributed by atoms with Crippen molar-refractivity contribution in [2.24, 2.45) is 0 Å². The highest BCUT2D eigenvalue weighted by atomic mass is 19.1. The standard InChI is InChI=1S/C27H15F4N7O/c28-17-3-1-15(2-4-17)25-26(37(14-32-25)19-7-5-18(29)6-8-19)20-9-10-24-34-23(13-38(24)36-20)35-27(39)16-11-21(30)33-22(31)12-16/h1-14H,(H,35,39). The summed E-state index contributed by atoms with van der Waals surface area (Å²) in [6.45, 7) is 0. The number of halogens is 4. The summed E-state index contributed by atoms with van der Waals surface area (Å²) in [5.41, 5.74) is 2.83. The Morgan fingerprint density at radius 3 is 2.15 bits per heavy atom. The van der Waals surface area contributed by atoms with Crippen LogP contribution < -0.4 is 5.32 Å². The van der Waals surface area contributed by atoms with Crippen molar-refractivity contribution in [1.29, 1.82) is 0 Å². The Morgan fingerprint density at radius 1 is 0.795 bits per heavy atom. The van der Waals surface area contributed by atoms with Gasteiger partial charge in [0.1, 0.15) is 29.3 Å². The summed E-state index contributed by atoms with van der Waals surface area (Å²) in [6, 6.07) is 16.6. The normalized spacial score (nSPS) is 11.2. The number of nitrogens with zero attached hydrogens (tertiary/aromatic N) is 6. The molecule has 0 aliphatic carbocycles. The smallest absolute Gasteiger partial charge is 0.257 e. The Labute approximate surface area is 217 Å². The van der Waals surface area contributed by atoms with Crippen LogP contribution in [-0.2, 0) is 0 Å². The molecule has 39 heavy (non-hydrogen) atoms. The van der Waals surface area contributed by atoms with E-state index in [-0.39, 0.29) is 11.4 Å². The van der Waals surface area contributed by atoms with Crippen LogP contribution in [-0.4, -0.2) is 35.0 Å². The number of carbonyl (C=O) groups excluding carboxylic acids is 1. The molecule has 6 aromatic rings. The number of anilines is 1. The first-order valence-electron chi connectivity index (χ1n) is 11.4. The highest BCUT2D eigenvalue weighted by molar-refractivity contribution is 6.03. The number of aromatic nitrogens is 6. The number of fused-ring (bicyclic) bond motifs is 1. The van der Waals surface area contributed by atoms with E-state index in [1.165, 1.54) is 35.0 Å². The molecule has 0 saturated carbocycles. The second-order valence-electron chi connectivity index (χ2n) is 8.40. The van der Waals surface area contributed by atoms with Crippen molar-refractivity contribution in [3.05, 3.63) is 114 Å². The molecule has 12 heteroatoms. The lowest BCUT2D eigenvalue weighted by Gasteiger charge is -2.10. The van der Waals surface area contributed by atoms with Crippen molar-refractivity contribution in [2.45, 2.75) is 0 Å². The van der Waals surface area contributed by atoms with Gasteiger partial charge >= 0.3 is 0 Å². The second kappa shape index (κ2) is 9.49. The average molecular weight is 529 g/mol. The van der Waals surface area contributed by atoms with Crippen LogP contribution in [0.1, 0.15) is 10.4 Å². The van der Waals surface area contributed by atoms with Crippen LogP contribution in [0.15, 0.2) is 85.3 Å². The van der Waals surface area contributed by atoms with E-state index < -0.39 is 29.4 Å². The predicted molar refractivity (Wildman–Crippen MR) is 133 cm³/mol. The molecule has 0 aliphatic heterocycles. The molecule has 8 nitrogen and oxygen atoms in total. The zero-order chi connectivity index (χ0) is 27.1. The number of pyridine rings is 1. The van der Waals surface area contributed by atoms with Crippen LogP contribution in [0, 0.1) is 23.5 Å². The van der Waals surface area contributed by atoms with Crippen LogP contribution in [0.4, 0.5) is 23.4 Å². The van der Waals surface area contributed by atoms with Gasteiger partial charge in [-0.3, -0.25) is 9.36 Å². The molecular weight excluding hydrogens is 514 g/mol. The summed E-state index contributed by atoms with van der Waals surface area (Å²) in [7, 11) is 0. The number of amides is 1. The van der Waals surface area contributed by atoms with Gasteiger partial charge in [0, 0.05) is 28.9 Å². The monoisotopic (exact) mass is 529 g/mol. The lowest BCUT2D eigenvalue weighted by atomic mass is 10.1. The summed E-state index contributed by atoms with van der Waals surface area (Å²) >= 11 is 0. The molecule has 0 spiro atoms. The fourth-order valence-corrected chi connectivity index (χ4v) is 4.06. The zero-order valence-corrected chi connectivity index (χ0v) is 19.7. The van der Waals surface area contributed by atoms with Gasteiger partial charge in [0.15, 0.2) is 11.5 Å². The van der Waals surface area contributed by atoms with E-state index in [9.17, 15) is 22.4 Å². The van der Waals surface area contributed by atoms with Gasteiger partial charge in [-0.2, -0.15) is 18.9 Å². The van der Waals surface area contributed by atoms with Gasteiger partial charge in [-0.25, -0.2) is 23.3 Å². The third kappa shape index (κ3) is 4.70. The van der Waals surface area contributed by atoms with E-state index in [1.807, 2.05) is 0 Å². The molecule has 192 valence electrons. The molecule has 4 heterocycles. The Balaban J connectivity index is 1.41. The van der Waals surface area contributed by atoms with Crippen molar-refractivity contribution in [1.82, 2.24) is 29.1 Å². The lowest BCUT2D eigenvalue weighted by molar-refractivity contribution is 0.102. The van der Waals surface area contributed by atoms with Crippen LogP contribution in [0.25, 0.3) is 34.0 Å². The SMILES string of the molecule is O=C(Nc1cn2nc(-c3c(-c4ccc(F)cc4)ncn3-c3ccc(F)cc3)ccc2n1)c1cc(F)nc(F)c1. The molecule has 2 aromatic carbocycles. The largest absolute Gasteiger partial charge is 0.305 e. The molecule has 0 bridgehead atoms. The summed E-state index contributed by atoms with van der Waals surface area (Å²) in [5.74, 6) is -3.75. The zero-order valence-electron chi connectivity index (χ0n) is 19.7. The third-order valence-electron chi connectivity index (χ3n) is 5.82. The molecular formula is C27H15F4N7O. The van der Waals surface area contributed by atoms with Gasteiger partial charge in [-0.15, -0.1) is 0 Å². The van der Waals surface area contributed by atoms with Gasteiger partial charge < -0.3 is 5.32 Å². The average Bonchev–Trinajstić information content (AvgIpc) is 3.52. The quantitative estimate of drug-likeness (QED) is 0.237. The first kappa shape index (κ1) is 24.0. The van der Waals surface area contributed by atoms with Crippen LogP contribution in [0.2, 0.25) is 0 Å². The van der Waals surface area contributed by atoms with Crippen LogP contribution in [0.3, 0.4) is 0 Å². The molecule has 6 rings (SSSR count). The number of carbonyl (C=O) groups is 1. The first-order chi connectivity index (χ1) is 18.8. The number of benzene rings is 2. The van der Waals surface area contributed by atoms with Crippen molar-refractivity contribution >= 4 is 17.4 Å². The van der Waals surface area contributed by atoms with E-state index in [2.05, 4.69) is 25.4 Å². The Morgan fingerprint density at radius 2 is 1.46 bits per heavy atom. The Kier molecular flexibility index (Phi) is 5.83. The van der Waals surface area contributed by atoms with E-state index in [0.29, 0.717) is 34.0 Å². The molecule has 0 fully saturated rings. The van der Waals surface area contributed by atoms with Gasteiger partial charge in [0.05, 0.1) is 11.9 Å². The topological polar surface area (TPSA) is 90.0 Å². The maximum absolute atomic E-state index is 13.6. The Bertz CT molecular complexity index is 1760. The minimum atomic E-state index is -1.13. The molecule has 0 saturated heterocycles. The van der Waals surface area contributed by atoms with Gasteiger partial charge in [-0.05, 0) is 60.7 Å². The summed E-state index contributed by atoms with van der Waals surface area (Å²) < 4.78 is 57.2. The number of imidazole rings is 2. The molecule has 4 aromatic heterocycles. The van der Waals surface area contributed by atoms with Crippen molar-refractivity contribution in [2.75, 3.05) is 5.32 Å². The van der Waals surface area contributed by atoms with Crippen LogP contribution in [0.5, 0.6) is 0 Å². The fourth-order valence-electron chi connectivity index (χ4n) is 4.06. The minimum absolute atomic E-state index is 0.0908. The van der Waals surface area contributed by atoms with Gasteiger partial charge in [0.2, 0.25) is 11.9 Å². The first-order valence-corrected chi connectivity index (χ1v) is 11.4. The summed E-state index contributed by atoms with van der Waals surface area (Å²) in [5, 5.41) is 7.10. The maximum Gasteiger partial charge on any atom is 0.257 e. The summed E-state index contributed by atoms with van der Waals surface area (Å²) in [6.07, 6.45) is 2.99. The van der Waals surface area contributed by atoms with Gasteiger partial charge in [0.25, 0.3) is 5.91 Å². The van der Waals surface area contributed by atoms with E-state index in [0.717, 1.165) is 12.1 Å². The highest BCUT2D eigenvalue weighted by Crippen LogP contribution is 2.32. The predicted octanol–water partition coefficient (Wildman–Crippen LogP) is 5.45. The molecule has 0 radical (unpaired) electrons. The number of hydrogen-bond donors (Lipinski definition) is 1. The van der Waals surface area contributed by atoms with Crippen LogP contribution >= 0.6 is 0 Å². The van der Waals surface area contributed by atoms with Crippen molar-refractivity contribution in [3.63, 3.8) is 0 Å². The minimum Gasteiger partial charge on any atom is -0.305 e. The second-order valence-corrected chi connectivity index (χ2v) is 8.40. The molecule has 1 amide bonds. The summed E-state index contributed by atoms with van der Waals surface area (Å²) in [4.78, 5) is 24.3. The Hall–Kier alpha value is -5.39. The molecule has 0 aliphatic rings. The van der Waals surface area contributed by atoms with Crippen molar-refractivity contribution < 1.29 is 22.4 Å². The molecule has 0 atom stereocenters. The van der Waals surface area contributed by atoms with E-state index >= 15 is 0 Å².